The minimum atomic E-state index is -4.75. The summed E-state index contributed by atoms with van der Waals surface area (Å²) in [5.74, 6) is -0.284. The molecule has 0 N–H and O–H groups in total. The number of tetrazole rings is 1. The average molecular weight is 429 g/mol. The van der Waals surface area contributed by atoms with Gasteiger partial charge in [-0.3, -0.25) is 4.79 Å². The van der Waals surface area contributed by atoms with Gasteiger partial charge in [0.25, 0.3) is 0 Å². The summed E-state index contributed by atoms with van der Waals surface area (Å²) in [6.07, 6.45) is -0.672. The molecule has 1 aromatic carbocycles. The minimum absolute atomic E-state index is 0.0463. The molecule has 2 atom stereocenters. The monoisotopic (exact) mass is 429 g/mol. The van der Waals surface area contributed by atoms with Crippen LogP contribution in [0.2, 0.25) is 0 Å². The third-order valence-electron chi connectivity index (χ3n) is 4.77. The normalized spacial score (nSPS) is 18.5. The third-order valence-corrected chi connectivity index (χ3v) is 5.79. The van der Waals surface area contributed by atoms with Crippen LogP contribution in [0, 0.1) is 0 Å². The third kappa shape index (κ3) is 5.40. The quantitative estimate of drug-likeness (QED) is 0.650. The smallest absolute Gasteiger partial charge is 0.406 e. The lowest BCUT2D eigenvalue weighted by molar-refractivity contribution is -0.274. The van der Waals surface area contributed by atoms with E-state index in [0.29, 0.717) is 10.8 Å². The molecule has 0 radical (unpaired) electrons. The van der Waals surface area contributed by atoms with Crippen molar-refractivity contribution < 1.29 is 22.7 Å². The average Bonchev–Trinajstić information content (AvgIpc) is 3.14. The Hall–Kier alpha value is -2.30. The van der Waals surface area contributed by atoms with Crippen molar-refractivity contribution in [3.05, 3.63) is 24.3 Å². The van der Waals surface area contributed by atoms with E-state index in [0.717, 1.165) is 32.2 Å². The maximum Gasteiger partial charge on any atom is 0.573 e. The van der Waals surface area contributed by atoms with Crippen LogP contribution in [0.15, 0.2) is 29.4 Å². The van der Waals surface area contributed by atoms with Crippen LogP contribution in [-0.4, -0.2) is 55.2 Å². The molecule has 0 aliphatic carbocycles. The standard InChI is InChI=1S/C18H22F3N5O2S/c1-3-13-6-4-5-11-25(13)16(27)12(2)29-17-22-23-24-26(17)14-7-9-15(10-8-14)28-18(19,20)21/h7-10,12-13H,3-6,11H2,1-2H3. The van der Waals surface area contributed by atoms with Crippen LogP contribution in [0.1, 0.15) is 39.5 Å². The van der Waals surface area contributed by atoms with Crippen molar-refractivity contribution in [3.63, 3.8) is 0 Å². The number of nitrogens with zero attached hydrogens (tertiary/aromatic N) is 5. The number of aromatic nitrogens is 4. The number of ether oxygens (including phenoxy) is 1. The number of benzene rings is 1. The molecule has 2 unspecified atom stereocenters. The Balaban J connectivity index is 1.70. The topological polar surface area (TPSA) is 73.1 Å². The first-order valence-corrected chi connectivity index (χ1v) is 10.3. The molecule has 1 fully saturated rings. The lowest BCUT2D eigenvalue weighted by Gasteiger charge is -2.36. The van der Waals surface area contributed by atoms with Crippen molar-refractivity contribution in [2.75, 3.05) is 6.54 Å². The number of carbonyl (C=O) groups excluding carboxylic acids is 1. The van der Waals surface area contributed by atoms with Gasteiger partial charge in [0.2, 0.25) is 11.1 Å². The summed E-state index contributed by atoms with van der Waals surface area (Å²) in [5.41, 5.74) is 0.469. The lowest BCUT2D eigenvalue weighted by Crippen LogP contribution is -2.46. The van der Waals surface area contributed by atoms with E-state index in [1.54, 1.807) is 0 Å². The summed E-state index contributed by atoms with van der Waals surface area (Å²) in [4.78, 5) is 14.9. The van der Waals surface area contributed by atoms with Crippen LogP contribution >= 0.6 is 11.8 Å². The molecule has 1 aromatic heterocycles. The van der Waals surface area contributed by atoms with Crippen molar-refractivity contribution in [1.82, 2.24) is 25.1 Å². The zero-order valence-electron chi connectivity index (χ0n) is 16.1. The second kappa shape index (κ2) is 9.02. The number of hydrogen-bond acceptors (Lipinski definition) is 6. The summed E-state index contributed by atoms with van der Waals surface area (Å²) in [5, 5.41) is 11.5. The van der Waals surface area contributed by atoms with E-state index in [1.165, 1.54) is 40.7 Å². The van der Waals surface area contributed by atoms with Gasteiger partial charge in [0.05, 0.1) is 10.9 Å². The molecule has 1 aliphatic heterocycles. The highest BCUT2D eigenvalue weighted by Crippen LogP contribution is 2.29. The van der Waals surface area contributed by atoms with Crippen LogP contribution in [0.4, 0.5) is 13.2 Å². The Morgan fingerprint density at radius 3 is 2.69 bits per heavy atom. The molecule has 0 saturated carbocycles. The fourth-order valence-corrected chi connectivity index (χ4v) is 4.24. The van der Waals surface area contributed by atoms with E-state index in [4.69, 9.17) is 0 Å². The second-order valence-electron chi connectivity index (χ2n) is 6.76. The molecule has 158 valence electrons. The molecule has 1 aliphatic rings. The van der Waals surface area contributed by atoms with Gasteiger partial charge in [-0.05, 0) is 67.3 Å². The largest absolute Gasteiger partial charge is 0.573 e. The first kappa shape index (κ1) is 21.4. The molecule has 0 bridgehead atoms. The number of likely N-dealkylation sites (tertiary alicyclic amines) is 1. The van der Waals surface area contributed by atoms with E-state index >= 15 is 0 Å². The maximum absolute atomic E-state index is 12.9. The number of alkyl halides is 3. The summed E-state index contributed by atoms with van der Waals surface area (Å²) in [6, 6.07) is 5.48. The van der Waals surface area contributed by atoms with E-state index < -0.39 is 6.36 Å². The van der Waals surface area contributed by atoms with E-state index in [-0.39, 0.29) is 22.9 Å². The summed E-state index contributed by atoms with van der Waals surface area (Å²) in [7, 11) is 0. The first-order valence-electron chi connectivity index (χ1n) is 9.40. The van der Waals surface area contributed by atoms with Gasteiger partial charge in [-0.25, -0.2) is 0 Å². The molecule has 0 spiro atoms. The highest BCUT2D eigenvalue weighted by Gasteiger charge is 2.31. The summed E-state index contributed by atoms with van der Waals surface area (Å²) < 4.78 is 42.2. The van der Waals surface area contributed by atoms with Crippen molar-refractivity contribution in [2.24, 2.45) is 0 Å². The van der Waals surface area contributed by atoms with E-state index in [9.17, 15) is 18.0 Å². The van der Waals surface area contributed by atoms with Crippen LogP contribution in [0.5, 0.6) is 5.75 Å². The minimum Gasteiger partial charge on any atom is -0.406 e. The molecular formula is C18H22F3N5O2S. The number of rotatable bonds is 6. The Morgan fingerprint density at radius 1 is 1.31 bits per heavy atom. The fourth-order valence-electron chi connectivity index (χ4n) is 3.36. The number of thioether (sulfide) groups is 1. The predicted octanol–water partition coefficient (Wildman–Crippen LogP) is 3.83. The highest BCUT2D eigenvalue weighted by molar-refractivity contribution is 8.00. The van der Waals surface area contributed by atoms with Crippen molar-refractivity contribution in [2.45, 2.75) is 62.3 Å². The molecule has 2 heterocycles. The number of halogens is 3. The number of piperidine rings is 1. The second-order valence-corrected chi connectivity index (χ2v) is 8.07. The van der Waals surface area contributed by atoms with Gasteiger partial charge in [0.1, 0.15) is 5.75 Å². The molecule has 1 saturated heterocycles. The SMILES string of the molecule is CCC1CCCCN1C(=O)C(C)Sc1nnnn1-c1ccc(OC(F)(F)F)cc1. The molecular weight excluding hydrogens is 407 g/mol. The van der Waals surface area contributed by atoms with Crippen LogP contribution in [0.3, 0.4) is 0 Å². The Bertz CT molecular complexity index is 828. The lowest BCUT2D eigenvalue weighted by atomic mass is 10.00. The summed E-state index contributed by atoms with van der Waals surface area (Å²) in [6.45, 7) is 4.66. The van der Waals surface area contributed by atoms with Crippen molar-refractivity contribution in [1.29, 1.82) is 0 Å². The van der Waals surface area contributed by atoms with Gasteiger partial charge < -0.3 is 9.64 Å². The zero-order chi connectivity index (χ0) is 21.0. The van der Waals surface area contributed by atoms with Gasteiger partial charge in [0.15, 0.2) is 0 Å². The molecule has 7 nitrogen and oxygen atoms in total. The van der Waals surface area contributed by atoms with Crippen molar-refractivity contribution >= 4 is 17.7 Å². The molecule has 1 amide bonds. The number of hydrogen-bond donors (Lipinski definition) is 0. The molecule has 11 heteroatoms. The van der Waals surface area contributed by atoms with Gasteiger partial charge in [0, 0.05) is 12.6 Å². The van der Waals surface area contributed by atoms with Gasteiger partial charge in [-0.1, -0.05) is 18.7 Å². The van der Waals surface area contributed by atoms with Gasteiger partial charge in [-0.15, -0.1) is 18.3 Å². The Kier molecular flexibility index (Phi) is 6.66. The molecule has 3 rings (SSSR count). The van der Waals surface area contributed by atoms with Gasteiger partial charge in [-0.2, -0.15) is 4.68 Å². The molecule has 2 aromatic rings. The van der Waals surface area contributed by atoms with Crippen LogP contribution in [-0.2, 0) is 4.79 Å². The van der Waals surface area contributed by atoms with E-state index in [2.05, 4.69) is 27.2 Å². The number of amides is 1. The maximum atomic E-state index is 12.9. The predicted molar refractivity (Wildman–Crippen MR) is 101 cm³/mol. The Labute approximate surface area is 170 Å². The first-order chi connectivity index (χ1) is 13.8. The highest BCUT2D eigenvalue weighted by atomic mass is 32.2. The summed E-state index contributed by atoms with van der Waals surface area (Å²) >= 11 is 1.22. The van der Waals surface area contributed by atoms with Crippen molar-refractivity contribution in [3.8, 4) is 11.4 Å². The fraction of sp³-hybridized carbons (Fsp3) is 0.556. The molecule has 29 heavy (non-hydrogen) atoms. The number of carbonyl (C=O) groups is 1. The van der Waals surface area contributed by atoms with E-state index in [1.807, 2.05) is 11.8 Å². The van der Waals surface area contributed by atoms with Crippen LogP contribution in [0.25, 0.3) is 5.69 Å². The van der Waals surface area contributed by atoms with Gasteiger partial charge >= 0.3 is 6.36 Å². The van der Waals surface area contributed by atoms with Crippen LogP contribution < -0.4 is 4.74 Å². The Morgan fingerprint density at radius 2 is 2.03 bits per heavy atom. The zero-order valence-corrected chi connectivity index (χ0v) is 16.9.